The Morgan fingerprint density at radius 3 is 2.85 bits per heavy atom. The minimum Gasteiger partial charge on any atom is -0.298 e. The average molecular weight is 201 g/mol. The van der Waals surface area contributed by atoms with E-state index in [0.29, 0.717) is 5.56 Å². The molecule has 0 N–H and O–H groups in total. The van der Waals surface area contributed by atoms with Gasteiger partial charge < -0.3 is 0 Å². The maximum absolute atomic E-state index is 13.1. The molecule has 0 radical (unpaired) electrons. The number of alkyl halides is 1. The minimum atomic E-state index is -0.343. The van der Waals surface area contributed by atoms with Crippen molar-refractivity contribution in [3.63, 3.8) is 0 Å². The molecule has 0 unspecified atom stereocenters. The van der Waals surface area contributed by atoms with Crippen molar-refractivity contribution in [1.29, 1.82) is 0 Å². The summed E-state index contributed by atoms with van der Waals surface area (Å²) in [6.07, 6.45) is 0.0804. The molecule has 0 atom stereocenters. The Kier molecular flexibility index (Phi) is 3.43. The summed E-state index contributed by atoms with van der Waals surface area (Å²) in [6, 6.07) is 4.70. The van der Waals surface area contributed by atoms with Crippen LogP contribution in [0.2, 0.25) is 0 Å². The van der Waals surface area contributed by atoms with Crippen molar-refractivity contribution in [3.8, 4) is 0 Å². The molecule has 0 fully saturated rings. The number of rotatable bonds is 3. The summed E-state index contributed by atoms with van der Waals surface area (Å²) in [5.41, 5.74) is 1.37. The first-order chi connectivity index (χ1) is 6.13. The summed E-state index contributed by atoms with van der Waals surface area (Å²) in [5.74, 6) is -0.567. The van der Waals surface area contributed by atoms with Gasteiger partial charge in [-0.2, -0.15) is 0 Å². The van der Waals surface area contributed by atoms with Crippen LogP contribution in [0.4, 0.5) is 4.39 Å². The second-order valence-corrected chi connectivity index (χ2v) is 3.21. The molecule has 0 amide bonds. The van der Waals surface area contributed by atoms with Crippen LogP contribution in [0.3, 0.4) is 0 Å². The smallest absolute Gasteiger partial charge is 0.152 e. The summed E-state index contributed by atoms with van der Waals surface area (Å²) >= 11 is 5.32. The van der Waals surface area contributed by atoms with Crippen LogP contribution in [0.1, 0.15) is 11.1 Å². The van der Waals surface area contributed by atoms with Crippen LogP contribution in [0.25, 0.3) is 0 Å². The standard InChI is InChI=1S/C10H10ClFO/c1-7-2-3-10(12)8(4-7)5-9(13)6-11/h2-4H,5-6H2,1H3. The van der Waals surface area contributed by atoms with E-state index in [-0.39, 0.29) is 23.9 Å². The van der Waals surface area contributed by atoms with Crippen LogP contribution in [0.5, 0.6) is 0 Å². The Bertz CT molecular complexity index is 323. The Balaban J connectivity index is 2.87. The lowest BCUT2D eigenvalue weighted by Crippen LogP contribution is -2.05. The number of carbonyl (C=O) groups is 1. The first-order valence-corrected chi connectivity index (χ1v) is 4.49. The third-order valence-electron chi connectivity index (χ3n) is 1.74. The van der Waals surface area contributed by atoms with Crippen molar-refractivity contribution in [1.82, 2.24) is 0 Å². The molecule has 13 heavy (non-hydrogen) atoms. The SMILES string of the molecule is Cc1ccc(F)c(CC(=O)CCl)c1. The monoisotopic (exact) mass is 200 g/mol. The molecule has 0 saturated carbocycles. The lowest BCUT2D eigenvalue weighted by Gasteiger charge is -2.01. The summed E-state index contributed by atoms with van der Waals surface area (Å²) < 4.78 is 13.1. The Hall–Kier alpha value is -0.890. The Morgan fingerprint density at radius 1 is 1.54 bits per heavy atom. The number of hydrogen-bond acceptors (Lipinski definition) is 1. The molecule has 1 nitrogen and oxygen atoms in total. The quantitative estimate of drug-likeness (QED) is 0.686. The van der Waals surface area contributed by atoms with E-state index in [1.165, 1.54) is 6.07 Å². The van der Waals surface area contributed by atoms with Gasteiger partial charge in [-0.25, -0.2) is 4.39 Å². The second kappa shape index (κ2) is 4.38. The van der Waals surface area contributed by atoms with Crippen molar-refractivity contribution in [2.75, 3.05) is 5.88 Å². The molecule has 0 aliphatic heterocycles. The van der Waals surface area contributed by atoms with E-state index in [4.69, 9.17) is 11.6 Å². The second-order valence-electron chi connectivity index (χ2n) is 2.94. The van der Waals surface area contributed by atoms with E-state index in [2.05, 4.69) is 0 Å². The highest BCUT2D eigenvalue weighted by Crippen LogP contribution is 2.11. The van der Waals surface area contributed by atoms with Gasteiger partial charge in [0.15, 0.2) is 5.78 Å². The molecular weight excluding hydrogens is 191 g/mol. The zero-order chi connectivity index (χ0) is 9.84. The van der Waals surface area contributed by atoms with Gasteiger partial charge >= 0.3 is 0 Å². The van der Waals surface area contributed by atoms with Gasteiger partial charge in [0.25, 0.3) is 0 Å². The van der Waals surface area contributed by atoms with E-state index in [9.17, 15) is 9.18 Å². The lowest BCUT2D eigenvalue weighted by molar-refractivity contribution is -0.116. The first-order valence-electron chi connectivity index (χ1n) is 3.96. The largest absolute Gasteiger partial charge is 0.298 e. The zero-order valence-corrected chi connectivity index (χ0v) is 8.07. The van der Waals surface area contributed by atoms with Gasteiger partial charge in [-0.1, -0.05) is 17.7 Å². The third-order valence-corrected chi connectivity index (χ3v) is 2.04. The average Bonchev–Trinajstić information content (AvgIpc) is 2.11. The summed E-state index contributed by atoms with van der Waals surface area (Å²) in [7, 11) is 0. The number of benzene rings is 1. The molecule has 1 rings (SSSR count). The molecule has 1 aromatic rings. The number of hydrogen-bond donors (Lipinski definition) is 0. The van der Waals surface area contributed by atoms with Gasteiger partial charge in [-0.05, 0) is 18.6 Å². The van der Waals surface area contributed by atoms with Crippen molar-refractivity contribution in [2.24, 2.45) is 0 Å². The van der Waals surface area contributed by atoms with E-state index in [0.717, 1.165) is 5.56 Å². The van der Waals surface area contributed by atoms with Crippen LogP contribution in [-0.4, -0.2) is 11.7 Å². The number of ketones is 1. The Labute approximate surface area is 81.5 Å². The highest BCUT2D eigenvalue weighted by atomic mass is 35.5. The molecule has 70 valence electrons. The number of aryl methyl sites for hydroxylation is 1. The van der Waals surface area contributed by atoms with Crippen molar-refractivity contribution in [2.45, 2.75) is 13.3 Å². The van der Waals surface area contributed by atoms with Crippen LogP contribution in [-0.2, 0) is 11.2 Å². The highest BCUT2D eigenvalue weighted by Gasteiger charge is 2.06. The van der Waals surface area contributed by atoms with Crippen LogP contribution < -0.4 is 0 Å². The molecule has 0 heterocycles. The van der Waals surface area contributed by atoms with E-state index < -0.39 is 0 Å². The van der Waals surface area contributed by atoms with E-state index in [1.54, 1.807) is 12.1 Å². The van der Waals surface area contributed by atoms with Crippen molar-refractivity contribution >= 4 is 17.4 Å². The topological polar surface area (TPSA) is 17.1 Å². The fraction of sp³-hybridized carbons (Fsp3) is 0.300. The summed E-state index contributed by atoms with van der Waals surface area (Å²) in [4.78, 5) is 10.9. The Morgan fingerprint density at radius 2 is 2.23 bits per heavy atom. The molecule has 0 spiro atoms. The zero-order valence-electron chi connectivity index (χ0n) is 7.31. The number of halogens is 2. The van der Waals surface area contributed by atoms with Crippen LogP contribution in [0.15, 0.2) is 18.2 Å². The first kappa shape index (κ1) is 10.2. The molecule has 0 bridgehead atoms. The molecular formula is C10H10ClFO. The van der Waals surface area contributed by atoms with Gasteiger partial charge in [0.1, 0.15) is 5.82 Å². The predicted octanol–water partition coefficient (Wildman–Crippen LogP) is 2.48. The normalized spacial score (nSPS) is 10.1. The fourth-order valence-corrected chi connectivity index (χ4v) is 1.19. The van der Waals surface area contributed by atoms with E-state index in [1.807, 2.05) is 6.92 Å². The van der Waals surface area contributed by atoms with Gasteiger partial charge in [0.2, 0.25) is 0 Å². The summed E-state index contributed by atoms with van der Waals surface area (Å²) in [6.45, 7) is 1.86. The molecule has 0 aliphatic carbocycles. The molecule has 0 aliphatic rings. The molecule has 0 aromatic heterocycles. The maximum Gasteiger partial charge on any atom is 0.152 e. The fourth-order valence-electron chi connectivity index (χ4n) is 1.10. The van der Waals surface area contributed by atoms with Crippen LogP contribution in [0, 0.1) is 12.7 Å². The highest BCUT2D eigenvalue weighted by molar-refractivity contribution is 6.27. The third kappa shape index (κ3) is 2.81. The molecule has 0 saturated heterocycles. The minimum absolute atomic E-state index is 0.0621. The lowest BCUT2D eigenvalue weighted by atomic mass is 10.1. The predicted molar refractivity (Wildman–Crippen MR) is 50.6 cm³/mol. The van der Waals surface area contributed by atoms with E-state index >= 15 is 0 Å². The number of Topliss-reactive ketones (excluding diaryl/α,β-unsaturated/α-hetero) is 1. The van der Waals surface area contributed by atoms with Gasteiger partial charge in [0, 0.05) is 6.42 Å². The van der Waals surface area contributed by atoms with Gasteiger partial charge in [0.05, 0.1) is 5.88 Å². The summed E-state index contributed by atoms with van der Waals surface area (Å²) in [5, 5.41) is 0. The van der Waals surface area contributed by atoms with Crippen LogP contribution >= 0.6 is 11.6 Å². The van der Waals surface area contributed by atoms with Gasteiger partial charge in [-0.3, -0.25) is 4.79 Å². The molecule has 3 heteroatoms. The molecule has 1 aromatic carbocycles. The van der Waals surface area contributed by atoms with Gasteiger partial charge in [-0.15, -0.1) is 11.6 Å². The van der Waals surface area contributed by atoms with Crippen molar-refractivity contribution in [3.05, 3.63) is 35.1 Å². The maximum atomic E-state index is 13.1. The number of carbonyl (C=O) groups excluding carboxylic acids is 1. The van der Waals surface area contributed by atoms with Crippen molar-refractivity contribution < 1.29 is 9.18 Å².